The Morgan fingerprint density at radius 3 is 1.53 bits per heavy atom. The Hall–Kier alpha value is -4.04. The lowest BCUT2D eigenvalue weighted by Crippen LogP contribution is -2.38. The molecule has 23 heteroatoms. The van der Waals surface area contributed by atoms with Gasteiger partial charge < -0.3 is 79.3 Å². The minimum atomic E-state index is -0.773. The van der Waals surface area contributed by atoms with E-state index in [2.05, 4.69) is 68.1 Å². The molecule has 0 saturated carbocycles. The van der Waals surface area contributed by atoms with Crippen LogP contribution >= 0.6 is 0 Å². The van der Waals surface area contributed by atoms with E-state index in [-0.39, 0.29) is 18.8 Å². The van der Waals surface area contributed by atoms with Crippen LogP contribution in [0.5, 0.6) is 0 Å². The summed E-state index contributed by atoms with van der Waals surface area (Å²) in [6, 6.07) is -0.410. The quantitative estimate of drug-likeness (QED) is 0.0395. The van der Waals surface area contributed by atoms with Crippen molar-refractivity contribution < 1.29 is 28.6 Å². The van der Waals surface area contributed by atoms with E-state index in [1.165, 1.54) is 6.33 Å². The molecule has 0 radical (unpaired) electrons. The first-order chi connectivity index (χ1) is 32.5. The molecule has 23 nitrogen and oxygen atoms in total. The zero-order valence-electron chi connectivity index (χ0n) is 39.5. The number of hydrogen-bond donors (Lipinski definition) is 13. The maximum absolute atomic E-state index is 13.0. The van der Waals surface area contributed by atoms with Gasteiger partial charge in [-0.2, -0.15) is 0 Å². The number of carbonyl (C=O) groups is 3. The van der Waals surface area contributed by atoms with Crippen LogP contribution in [0.3, 0.4) is 0 Å². The Labute approximate surface area is 391 Å². The van der Waals surface area contributed by atoms with Crippen LogP contribution in [0, 0.1) is 0 Å². The van der Waals surface area contributed by atoms with Crippen LogP contribution in [-0.2, 0) is 14.2 Å². The number of rotatable bonds is 41. The highest BCUT2D eigenvalue weighted by molar-refractivity contribution is 5.95. The number of aromatic nitrogens is 4. The number of amides is 4. The van der Waals surface area contributed by atoms with Crippen molar-refractivity contribution >= 4 is 35.2 Å². The van der Waals surface area contributed by atoms with Crippen LogP contribution in [0.1, 0.15) is 89.7 Å². The molecule has 0 aromatic carbocycles. The van der Waals surface area contributed by atoms with Crippen molar-refractivity contribution in [2.45, 2.75) is 102 Å². The highest BCUT2D eigenvalue weighted by atomic mass is 16.6. The maximum Gasteiger partial charge on any atom is 0.407 e. The molecule has 1 aliphatic heterocycles. The van der Waals surface area contributed by atoms with Crippen molar-refractivity contribution in [3.63, 3.8) is 0 Å². The van der Waals surface area contributed by atoms with E-state index in [4.69, 9.17) is 31.4 Å². The van der Waals surface area contributed by atoms with Gasteiger partial charge in [0.15, 0.2) is 17.0 Å². The summed E-state index contributed by atoms with van der Waals surface area (Å²) in [5.41, 5.74) is 17.3. The molecule has 3 rings (SSSR count). The zero-order chi connectivity index (χ0) is 47.1. The fourth-order valence-corrected chi connectivity index (χ4v) is 6.99. The fourth-order valence-electron chi connectivity index (χ4n) is 6.99. The molecule has 3 unspecified atom stereocenters. The topological polar surface area (TPSA) is 321 Å². The minimum Gasteiger partial charge on any atom is -0.447 e. The second-order valence-electron chi connectivity index (χ2n) is 16.3. The number of imidazole rings is 1. The zero-order valence-corrected chi connectivity index (χ0v) is 39.5. The summed E-state index contributed by atoms with van der Waals surface area (Å²) < 4.78 is 19.5. The van der Waals surface area contributed by atoms with E-state index in [1.54, 1.807) is 10.9 Å². The number of alkyl carbamates (subject to hydrolysis) is 2. The molecule has 0 aliphatic carbocycles. The highest BCUT2D eigenvalue weighted by Gasteiger charge is 2.40. The van der Waals surface area contributed by atoms with Crippen molar-refractivity contribution in [3.8, 4) is 0 Å². The summed E-state index contributed by atoms with van der Waals surface area (Å²) in [5.74, 6) is 0.238. The molecule has 1 fully saturated rings. The first-order valence-electron chi connectivity index (χ1n) is 24.5. The van der Waals surface area contributed by atoms with Gasteiger partial charge >= 0.3 is 18.2 Å². The van der Waals surface area contributed by atoms with Gasteiger partial charge in [-0.1, -0.05) is 0 Å². The number of unbranched alkanes of at least 4 members (excludes halogenated alkanes) is 3. The van der Waals surface area contributed by atoms with E-state index in [0.717, 1.165) is 156 Å². The van der Waals surface area contributed by atoms with Crippen molar-refractivity contribution in [1.82, 2.24) is 67.4 Å². The fraction of sp³-hybridized carbons (Fsp3) is 0.814. The van der Waals surface area contributed by atoms with E-state index >= 15 is 0 Å². The highest BCUT2D eigenvalue weighted by Crippen LogP contribution is 2.33. The summed E-state index contributed by atoms with van der Waals surface area (Å²) in [7, 11) is 0. The first kappa shape index (κ1) is 56.3. The maximum atomic E-state index is 13.0. The molecule has 2 aromatic rings. The largest absolute Gasteiger partial charge is 0.447 e. The van der Waals surface area contributed by atoms with Gasteiger partial charge in [0.05, 0.1) is 6.33 Å². The van der Waals surface area contributed by atoms with Gasteiger partial charge in [0.2, 0.25) is 0 Å². The van der Waals surface area contributed by atoms with Gasteiger partial charge in [0.1, 0.15) is 31.4 Å². The lowest BCUT2D eigenvalue weighted by Gasteiger charge is -2.19. The molecule has 66 heavy (non-hydrogen) atoms. The first-order valence-corrected chi connectivity index (χ1v) is 24.5. The SMILES string of the molecule is NCCCNCCCCNCCCNC(=O)Nc1ncnc2c1ncn2C1CC(OC(=O)NCCCNCCCCNCCCN)C(COC(=O)NCCCNCCCCNCCCN)O1. The van der Waals surface area contributed by atoms with Gasteiger partial charge in [0.25, 0.3) is 0 Å². The molecule has 1 saturated heterocycles. The Balaban J connectivity index is 1.45. The molecule has 0 bridgehead atoms. The predicted octanol–water partition coefficient (Wildman–Crippen LogP) is 0.151. The third-order valence-corrected chi connectivity index (χ3v) is 10.7. The minimum absolute atomic E-state index is 0.151. The van der Waals surface area contributed by atoms with Gasteiger partial charge in [-0.25, -0.2) is 29.3 Å². The van der Waals surface area contributed by atoms with Crippen LogP contribution in [0.25, 0.3) is 11.2 Å². The van der Waals surface area contributed by atoms with Crippen LogP contribution in [-0.4, -0.2) is 174 Å². The molecule has 3 heterocycles. The van der Waals surface area contributed by atoms with Gasteiger partial charge in [-0.05, 0) is 175 Å². The summed E-state index contributed by atoms with van der Waals surface area (Å²) in [4.78, 5) is 51.7. The Bertz CT molecular complexity index is 1540. The third kappa shape index (κ3) is 25.8. The number of nitrogens with two attached hydrogens (primary N) is 3. The van der Waals surface area contributed by atoms with E-state index in [1.807, 2.05) is 0 Å². The van der Waals surface area contributed by atoms with E-state index in [9.17, 15) is 14.4 Å². The van der Waals surface area contributed by atoms with Crippen molar-refractivity contribution in [1.29, 1.82) is 0 Å². The van der Waals surface area contributed by atoms with Crippen LogP contribution in [0.15, 0.2) is 12.7 Å². The smallest absolute Gasteiger partial charge is 0.407 e. The van der Waals surface area contributed by atoms with Gasteiger partial charge in [-0.3, -0.25) is 9.88 Å². The number of ether oxygens (including phenoxy) is 3. The second-order valence-corrected chi connectivity index (χ2v) is 16.3. The number of fused-ring (bicyclic) bond motifs is 1. The van der Waals surface area contributed by atoms with Crippen LogP contribution < -0.4 is 70.4 Å². The number of nitrogens with zero attached hydrogens (tertiary/aromatic N) is 4. The molecule has 2 aromatic heterocycles. The molecule has 0 spiro atoms. The molecule has 4 amide bonds. The Morgan fingerprint density at radius 2 is 1.03 bits per heavy atom. The lowest BCUT2D eigenvalue weighted by atomic mass is 10.2. The number of carbonyl (C=O) groups excluding carboxylic acids is 3. The number of anilines is 1. The number of hydrogen-bond acceptors (Lipinski definition) is 18. The normalized spacial score (nSPS) is 15.8. The van der Waals surface area contributed by atoms with E-state index < -0.39 is 36.7 Å². The Kier molecular flexibility index (Phi) is 32.4. The molecule has 16 N–H and O–H groups in total. The van der Waals surface area contributed by atoms with Crippen molar-refractivity contribution in [2.24, 2.45) is 17.2 Å². The molecule has 1 aliphatic rings. The summed E-state index contributed by atoms with van der Waals surface area (Å²) >= 11 is 0. The average molecular weight is 936 g/mol. The molecular formula is C43H85N17O6. The van der Waals surface area contributed by atoms with Crippen LogP contribution in [0.4, 0.5) is 20.2 Å². The average Bonchev–Trinajstić information content (AvgIpc) is 3.93. The van der Waals surface area contributed by atoms with Gasteiger partial charge in [-0.15, -0.1) is 0 Å². The summed E-state index contributed by atoms with van der Waals surface area (Å²) in [6.45, 7) is 14.1. The number of urea groups is 1. The standard InChI is InChI=1S/C43H85N17O6/c44-13-7-22-47-16-1-4-19-50-25-10-28-53-41(61)59-39-38-40(57-33-56-39)60(34-58-38)37-31-35(66-43(63)55-30-12-27-52-21-6-3-18-49-24-9-15-46)36(65-37)32-64-42(62)54-29-11-26-51-20-5-2-17-48-23-8-14-45/h33-37,47-52H,1-32,44-46H2,(H,54,62)(H,55,63)(H2,53,56,57,59,61). The van der Waals surface area contributed by atoms with E-state index in [0.29, 0.717) is 50.4 Å². The second kappa shape index (κ2) is 38.0. The molecular weight excluding hydrogens is 851 g/mol. The summed E-state index contributed by atoms with van der Waals surface area (Å²) in [6.07, 6.45) is 11.4. The molecule has 3 atom stereocenters. The monoisotopic (exact) mass is 936 g/mol. The van der Waals surface area contributed by atoms with Crippen molar-refractivity contribution in [2.75, 3.05) is 130 Å². The Morgan fingerprint density at radius 1 is 0.576 bits per heavy atom. The molecule has 378 valence electrons. The number of nitrogens with one attached hydrogen (secondary N) is 10. The van der Waals surface area contributed by atoms with Gasteiger partial charge in [0, 0.05) is 26.1 Å². The van der Waals surface area contributed by atoms with Crippen molar-refractivity contribution in [3.05, 3.63) is 12.7 Å². The third-order valence-electron chi connectivity index (χ3n) is 10.7. The predicted molar refractivity (Wildman–Crippen MR) is 258 cm³/mol. The summed E-state index contributed by atoms with van der Waals surface area (Å²) in [5, 5.41) is 31.6. The van der Waals surface area contributed by atoms with Crippen LogP contribution in [0.2, 0.25) is 0 Å². The lowest BCUT2D eigenvalue weighted by molar-refractivity contribution is -0.0488.